The Kier molecular flexibility index (Phi) is 3.58. The number of pyridine rings is 1. The Balaban J connectivity index is 2.05. The van der Waals surface area contributed by atoms with E-state index in [1.54, 1.807) is 18.2 Å². The number of thioether (sulfide) groups is 1. The van der Waals surface area contributed by atoms with Crippen LogP contribution in [0.15, 0.2) is 41.4 Å². The zero-order valence-electron chi connectivity index (χ0n) is 8.86. The molecule has 0 unspecified atom stereocenters. The maximum atomic E-state index is 12.9. The Morgan fingerprint density at radius 1 is 1.12 bits per heavy atom. The molecule has 0 atom stereocenters. The maximum Gasteiger partial charge on any atom is 0.159 e. The first-order chi connectivity index (χ1) is 8.15. The Labute approximate surface area is 102 Å². The van der Waals surface area contributed by atoms with Crippen molar-refractivity contribution >= 4 is 17.6 Å². The van der Waals surface area contributed by atoms with Gasteiger partial charge in [0.15, 0.2) is 11.6 Å². The van der Waals surface area contributed by atoms with E-state index in [4.69, 9.17) is 5.73 Å². The summed E-state index contributed by atoms with van der Waals surface area (Å²) in [5, 5.41) is 0.759. The fourth-order valence-electron chi connectivity index (χ4n) is 1.30. The van der Waals surface area contributed by atoms with Crippen LogP contribution in [0.2, 0.25) is 0 Å². The first-order valence-corrected chi connectivity index (χ1v) is 5.93. The lowest BCUT2D eigenvalue weighted by molar-refractivity contribution is 0.507. The van der Waals surface area contributed by atoms with Crippen LogP contribution in [-0.4, -0.2) is 4.98 Å². The molecule has 0 saturated heterocycles. The van der Waals surface area contributed by atoms with Crippen LogP contribution in [-0.2, 0) is 5.75 Å². The monoisotopic (exact) mass is 252 g/mol. The molecular formula is C12H10F2N2S. The zero-order chi connectivity index (χ0) is 12.3. The molecular weight excluding hydrogens is 242 g/mol. The van der Waals surface area contributed by atoms with E-state index >= 15 is 0 Å². The average Bonchev–Trinajstić information content (AvgIpc) is 2.31. The number of halogens is 2. The van der Waals surface area contributed by atoms with Crippen LogP contribution in [0.3, 0.4) is 0 Å². The first-order valence-electron chi connectivity index (χ1n) is 4.94. The van der Waals surface area contributed by atoms with Gasteiger partial charge in [0.25, 0.3) is 0 Å². The predicted octanol–water partition coefficient (Wildman–Crippen LogP) is 3.23. The number of rotatable bonds is 3. The summed E-state index contributed by atoms with van der Waals surface area (Å²) < 4.78 is 25.7. The van der Waals surface area contributed by atoms with Gasteiger partial charge in [0, 0.05) is 5.75 Å². The minimum Gasteiger partial charge on any atom is -0.384 e. The minimum absolute atomic E-state index is 0.445. The second kappa shape index (κ2) is 5.14. The Bertz CT molecular complexity index is 532. The van der Waals surface area contributed by atoms with Crippen LogP contribution in [0.1, 0.15) is 5.56 Å². The van der Waals surface area contributed by atoms with Crippen molar-refractivity contribution in [2.75, 3.05) is 5.73 Å². The molecule has 1 heterocycles. The smallest absolute Gasteiger partial charge is 0.159 e. The summed E-state index contributed by atoms with van der Waals surface area (Å²) in [6, 6.07) is 9.18. The van der Waals surface area contributed by atoms with Crippen LogP contribution in [0, 0.1) is 11.6 Å². The first kappa shape index (κ1) is 11.9. The summed E-state index contributed by atoms with van der Waals surface area (Å²) in [7, 11) is 0. The van der Waals surface area contributed by atoms with Gasteiger partial charge in [0.1, 0.15) is 5.82 Å². The van der Waals surface area contributed by atoms with Crippen molar-refractivity contribution in [2.45, 2.75) is 10.8 Å². The van der Waals surface area contributed by atoms with Gasteiger partial charge >= 0.3 is 0 Å². The second-order valence-electron chi connectivity index (χ2n) is 3.44. The van der Waals surface area contributed by atoms with Gasteiger partial charge in [-0.2, -0.15) is 0 Å². The van der Waals surface area contributed by atoms with Crippen LogP contribution < -0.4 is 5.73 Å². The molecule has 2 rings (SSSR count). The highest BCUT2D eigenvalue weighted by molar-refractivity contribution is 7.98. The molecule has 0 aliphatic heterocycles. The summed E-state index contributed by atoms with van der Waals surface area (Å²) in [5.74, 6) is -0.696. The topological polar surface area (TPSA) is 38.9 Å². The number of anilines is 1. The molecule has 88 valence electrons. The van der Waals surface area contributed by atoms with Crippen LogP contribution in [0.5, 0.6) is 0 Å². The van der Waals surface area contributed by atoms with E-state index in [9.17, 15) is 8.78 Å². The van der Waals surface area contributed by atoms with Gasteiger partial charge in [0.2, 0.25) is 0 Å². The highest BCUT2D eigenvalue weighted by atomic mass is 32.2. The molecule has 5 heteroatoms. The van der Waals surface area contributed by atoms with Crippen LogP contribution in [0.25, 0.3) is 0 Å². The maximum absolute atomic E-state index is 12.9. The predicted molar refractivity (Wildman–Crippen MR) is 64.6 cm³/mol. The average molecular weight is 252 g/mol. The molecule has 17 heavy (non-hydrogen) atoms. The Morgan fingerprint density at radius 2 is 1.94 bits per heavy atom. The van der Waals surface area contributed by atoms with E-state index in [0.717, 1.165) is 11.1 Å². The molecule has 0 radical (unpaired) electrons. The van der Waals surface area contributed by atoms with Gasteiger partial charge in [-0.3, -0.25) is 0 Å². The number of nitrogens with zero attached hydrogens (tertiary/aromatic N) is 1. The van der Waals surface area contributed by atoms with Gasteiger partial charge in [0.05, 0.1) is 5.03 Å². The number of nitrogen functional groups attached to an aromatic ring is 1. The molecule has 0 aliphatic carbocycles. The number of benzene rings is 1. The third-order valence-corrected chi connectivity index (χ3v) is 3.12. The normalized spacial score (nSPS) is 10.5. The summed E-state index contributed by atoms with van der Waals surface area (Å²) in [6.45, 7) is 0. The van der Waals surface area contributed by atoms with Crippen molar-refractivity contribution in [1.29, 1.82) is 0 Å². The fraction of sp³-hybridized carbons (Fsp3) is 0.0833. The molecule has 0 bridgehead atoms. The van der Waals surface area contributed by atoms with E-state index < -0.39 is 11.6 Å². The lowest BCUT2D eigenvalue weighted by Crippen LogP contribution is -1.91. The molecule has 1 aromatic heterocycles. The van der Waals surface area contributed by atoms with Gasteiger partial charge in [-0.1, -0.05) is 12.1 Å². The third kappa shape index (κ3) is 3.17. The quantitative estimate of drug-likeness (QED) is 0.852. The summed E-state index contributed by atoms with van der Waals surface area (Å²) in [5.41, 5.74) is 6.24. The molecule has 0 aliphatic rings. The lowest BCUT2D eigenvalue weighted by atomic mass is 10.2. The lowest BCUT2D eigenvalue weighted by Gasteiger charge is -2.02. The van der Waals surface area contributed by atoms with E-state index in [0.29, 0.717) is 17.1 Å². The van der Waals surface area contributed by atoms with Gasteiger partial charge < -0.3 is 5.73 Å². The van der Waals surface area contributed by atoms with Crippen LogP contribution >= 0.6 is 11.8 Å². The summed E-state index contributed by atoms with van der Waals surface area (Å²) >= 11 is 1.42. The molecule has 0 saturated carbocycles. The van der Waals surface area contributed by atoms with Crippen molar-refractivity contribution in [3.8, 4) is 0 Å². The summed E-state index contributed by atoms with van der Waals surface area (Å²) in [6.07, 6.45) is 0. The van der Waals surface area contributed by atoms with E-state index in [2.05, 4.69) is 4.98 Å². The number of hydrogen-bond acceptors (Lipinski definition) is 3. The van der Waals surface area contributed by atoms with Gasteiger partial charge in [-0.25, -0.2) is 13.8 Å². The van der Waals surface area contributed by atoms with E-state index in [-0.39, 0.29) is 0 Å². The van der Waals surface area contributed by atoms with Crippen molar-refractivity contribution in [3.63, 3.8) is 0 Å². The third-order valence-electron chi connectivity index (χ3n) is 2.12. The molecule has 2 aromatic rings. The van der Waals surface area contributed by atoms with Gasteiger partial charge in [-0.05, 0) is 29.8 Å². The standard InChI is InChI=1S/C12H10F2N2S/c13-9-5-4-8(6-10(9)14)7-17-12-3-1-2-11(15)16-12/h1-6H,7H2,(H2,15,16). The molecule has 0 fully saturated rings. The second-order valence-corrected chi connectivity index (χ2v) is 4.43. The Morgan fingerprint density at radius 3 is 2.65 bits per heavy atom. The van der Waals surface area contributed by atoms with E-state index in [1.807, 2.05) is 6.07 Å². The highest BCUT2D eigenvalue weighted by Gasteiger charge is 2.03. The fourth-order valence-corrected chi connectivity index (χ4v) is 2.14. The number of nitrogens with two attached hydrogens (primary N) is 1. The molecule has 0 amide bonds. The van der Waals surface area contributed by atoms with Crippen molar-refractivity contribution in [2.24, 2.45) is 0 Å². The van der Waals surface area contributed by atoms with Crippen molar-refractivity contribution in [1.82, 2.24) is 4.98 Å². The van der Waals surface area contributed by atoms with E-state index in [1.165, 1.54) is 17.8 Å². The van der Waals surface area contributed by atoms with Gasteiger partial charge in [-0.15, -0.1) is 11.8 Å². The number of hydrogen-bond donors (Lipinski definition) is 1. The largest absolute Gasteiger partial charge is 0.384 e. The molecule has 1 aromatic carbocycles. The zero-order valence-corrected chi connectivity index (χ0v) is 9.68. The molecule has 2 N–H and O–H groups in total. The minimum atomic E-state index is -0.833. The molecule has 0 spiro atoms. The summed E-state index contributed by atoms with van der Waals surface area (Å²) in [4.78, 5) is 4.10. The van der Waals surface area contributed by atoms with Crippen molar-refractivity contribution in [3.05, 3.63) is 53.6 Å². The molecule has 2 nitrogen and oxygen atoms in total. The number of aromatic nitrogens is 1. The Hall–Kier alpha value is -1.62. The SMILES string of the molecule is Nc1cccc(SCc2ccc(F)c(F)c2)n1. The van der Waals surface area contributed by atoms with Crippen molar-refractivity contribution < 1.29 is 8.78 Å². The highest BCUT2D eigenvalue weighted by Crippen LogP contribution is 2.22. The van der Waals surface area contributed by atoms with Crippen LogP contribution in [0.4, 0.5) is 14.6 Å².